The molecule has 2 rings (SSSR count). The summed E-state index contributed by atoms with van der Waals surface area (Å²) in [6.07, 6.45) is 0. The Labute approximate surface area is 100 Å². The number of anilines is 2. The standard InChI is InChI=1S/C11H6ClF3N2/c12-8-2-1-3-9(17-8)16-7-5-4-6(13)10(14)11(7)15/h1-5H,(H,16,17). The molecule has 0 atom stereocenters. The lowest BCUT2D eigenvalue weighted by Crippen LogP contribution is -2.00. The summed E-state index contributed by atoms with van der Waals surface area (Å²) in [5.74, 6) is -3.83. The molecule has 0 fully saturated rings. The summed E-state index contributed by atoms with van der Waals surface area (Å²) in [5.41, 5.74) is -0.210. The summed E-state index contributed by atoms with van der Waals surface area (Å²) in [5, 5.41) is 2.71. The van der Waals surface area contributed by atoms with Crippen molar-refractivity contribution in [2.24, 2.45) is 0 Å². The predicted molar refractivity (Wildman–Crippen MR) is 58.8 cm³/mol. The number of pyridine rings is 1. The molecule has 0 saturated heterocycles. The highest BCUT2D eigenvalue weighted by atomic mass is 35.5. The van der Waals surface area contributed by atoms with E-state index >= 15 is 0 Å². The average Bonchev–Trinajstić information content (AvgIpc) is 2.30. The topological polar surface area (TPSA) is 24.9 Å². The van der Waals surface area contributed by atoms with E-state index in [2.05, 4.69) is 10.3 Å². The third-order valence-corrected chi connectivity index (χ3v) is 2.22. The first-order chi connectivity index (χ1) is 8.08. The molecule has 0 unspecified atom stereocenters. The van der Waals surface area contributed by atoms with Crippen molar-refractivity contribution >= 4 is 23.1 Å². The van der Waals surface area contributed by atoms with E-state index in [1.807, 2.05) is 0 Å². The van der Waals surface area contributed by atoms with Gasteiger partial charge in [0, 0.05) is 0 Å². The highest BCUT2D eigenvalue weighted by molar-refractivity contribution is 6.29. The predicted octanol–water partition coefficient (Wildman–Crippen LogP) is 3.90. The first-order valence-electron chi connectivity index (χ1n) is 4.61. The quantitative estimate of drug-likeness (QED) is 0.653. The fourth-order valence-electron chi connectivity index (χ4n) is 1.24. The van der Waals surface area contributed by atoms with Crippen LogP contribution >= 0.6 is 11.6 Å². The molecule has 0 spiro atoms. The van der Waals surface area contributed by atoms with Crippen LogP contribution in [0.5, 0.6) is 0 Å². The van der Waals surface area contributed by atoms with Crippen LogP contribution in [0, 0.1) is 17.5 Å². The van der Waals surface area contributed by atoms with Crippen molar-refractivity contribution in [1.82, 2.24) is 4.98 Å². The van der Waals surface area contributed by atoms with E-state index in [1.165, 1.54) is 12.1 Å². The molecule has 1 heterocycles. The average molecular weight is 259 g/mol. The van der Waals surface area contributed by atoms with E-state index in [4.69, 9.17) is 11.6 Å². The molecule has 0 aliphatic heterocycles. The third-order valence-electron chi connectivity index (χ3n) is 2.01. The van der Waals surface area contributed by atoms with E-state index in [1.54, 1.807) is 6.07 Å². The third kappa shape index (κ3) is 2.50. The van der Waals surface area contributed by atoms with Crippen LogP contribution in [-0.4, -0.2) is 4.98 Å². The van der Waals surface area contributed by atoms with Crippen LogP contribution in [0.15, 0.2) is 30.3 Å². The summed E-state index contributed by atoms with van der Waals surface area (Å²) >= 11 is 5.63. The number of benzene rings is 1. The number of rotatable bonds is 2. The smallest absolute Gasteiger partial charge is 0.196 e. The Balaban J connectivity index is 2.34. The molecule has 0 radical (unpaired) electrons. The van der Waals surface area contributed by atoms with E-state index < -0.39 is 17.5 Å². The number of hydrogen-bond acceptors (Lipinski definition) is 2. The normalized spacial score (nSPS) is 10.4. The zero-order chi connectivity index (χ0) is 12.4. The van der Waals surface area contributed by atoms with Crippen LogP contribution in [0.25, 0.3) is 0 Å². The van der Waals surface area contributed by atoms with Gasteiger partial charge in [-0.15, -0.1) is 0 Å². The van der Waals surface area contributed by atoms with Crippen molar-refractivity contribution in [2.75, 3.05) is 5.32 Å². The molecule has 0 saturated carbocycles. The number of hydrogen-bond donors (Lipinski definition) is 1. The Morgan fingerprint density at radius 2 is 1.76 bits per heavy atom. The number of aromatic nitrogens is 1. The van der Waals surface area contributed by atoms with Gasteiger partial charge in [-0.2, -0.15) is 0 Å². The van der Waals surface area contributed by atoms with Crippen molar-refractivity contribution in [3.8, 4) is 0 Å². The van der Waals surface area contributed by atoms with Crippen LogP contribution < -0.4 is 5.32 Å². The van der Waals surface area contributed by atoms with Gasteiger partial charge in [-0.25, -0.2) is 18.2 Å². The van der Waals surface area contributed by atoms with Gasteiger partial charge in [-0.05, 0) is 24.3 Å². The second-order valence-corrected chi connectivity index (χ2v) is 3.58. The van der Waals surface area contributed by atoms with Gasteiger partial charge >= 0.3 is 0 Å². The van der Waals surface area contributed by atoms with Crippen LogP contribution in [0.3, 0.4) is 0 Å². The second kappa shape index (κ2) is 4.63. The first-order valence-corrected chi connectivity index (χ1v) is 4.99. The Hall–Kier alpha value is -1.75. The van der Waals surface area contributed by atoms with E-state index in [0.29, 0.717) is 0 Å². The van der Waals surface area contributed by atoms with E-state index in [0.717, 1.165) is 12.1 Å². The minimum Gasteiger partial charge on any atom is -0.338 e. The van der Waals surface area contributed by atoms with E-state index in [9.17, 15) is 13.2 Å². The summed E-state index contributed by atoms with van der Waals surface area (Å²) in [7, 11) is 0. The minimum absolute atomic E-state index is 0.206. The highest BCUT2D eigenvalue weighted by Crippen LogP contribution is 2.23. The van der Waals surface area contributed by atoms with Gasteiger partial charge in [-0.1, -0.05) is 17.7 Å². The van der Waals surface area contributed by atoms with Gasteiger partial charge in [0.15, 0.2) is 17.5 Å². The second-order valence-electron chi connectivity index (χ2n) is 3.19. The summed E-state index contributed by atoms with van der Waals surface area (Å²) < 4.78 is 38.9. The molecule has 2 nitrogen and oxygen atoms in total. The summed E-state index contributed by atoms with van der Waals surface area (Å²) in [6.45, 7) is 0. The van der Waals surface area contributed by atoms with Gasteiger partial charge in [0.25, 0.3) is 0 Å². The van der Waals surface area contributed by atoms with Gasteiger partial charge < -0.3 is 5.32 Å². The lowest BCUT2D eigenvalue weighted by Gasteiger charge is -2.07. The fraction of sp³-hybridized carbons (Fsp3) is 0. The fourth-order valence-corrected chi connectivity index (χ4v) is 1.40. The molecule has 1 N–H and O–H groups in total. The highest BCUT2D eigenvalue weighted by Gasteiger charge is 2.13. The molecule has 1 aromatic heterocycles. The zero-order valence-electron chi connectivity index (χ0n) is 8.35. The first kappa shape index (κ1) is 11.7. The van der Waals surface area contributed by atoms with Crippen molar-refractivity contribution in [3.63, 3.8) is 0 Å². The Morgan fingerprint density at radius 3 is 2.47 bits per heavy atom. The summed E-state index contributed by atoms with van der Waals surface area (Å²) in [4.78, 5) is 3.83. The number of nitrogens with one attached hydrogen (secondary N) is 1. The zero-order valence-corrected chi connectivity index (χ0v) is 9.10. The Kier molecular flexibility index (Phi) is 3.19. The lowest BCUT2D eigenvalue weighted by molar-refractivity contribution is 0.449. The maximum absolute atomic E-state index is 13.3. The van der Waals surface area contributed by atoms with Crippen LogP contribution in [-0.2, 0) is 0 Å². The van der Waals surface area contributed by atoms with Crippen LogP contribution in [0.2, 0.25) is 5.15 Å². The molecule has 1 aromatic carbocycles. The molecule has 17 heavy (non-hydrogen) atoms. The Bertz CT molecular complexity index is 560. The Morgan fingerprint density at radius 1 is 1.00 bits per heavy atom. The van der Waals surface area contributed by atoms with Crippen molar-refractivity contribution in [3.05, 3.63) is 52.9 Å². The van der Waals surface area contributed by atoms with Gasteiger partial charge in [0.2, 0.25) is 0 Å². The maximum atomic E-state index is 13.3. The number of nitrogens with zero attached hydrogens (tertiary/aromatic N) is 1. The van der Waals surface area contributed by atoms with Gasteiger partial charge in [-0.3, -0.25) is 0 Å². The van der Waals surface area contributed by atoms with Crippen LogP contribution in [0.1, 0.15) is 0 Å². The molecule has 0 aliphatic rings. The van der Waals surface area contributed by atoms with Crippen molar-refractivity contribution in [1.29, 1.82) is 0 Å². The van der Waals surface area contributed by atoms with Gasteiger partial charge in [0.05, 0.1) is 5.69 Å². The van der Waals surface area contributed by atoms with Crippen LogP contribution in [0.4, 0.5) is 24.7 Å². The monoisotopic (exact) mass is 258 g/mol. The van der Waals surface area contributed by atoms with Gasteiger partial charge in [0.1, 0.15) is 11.0 Å². The molecule has 0 aliphatic carbocycles. The van der Waals surface area contributed by atoms with E-state index in [-0.39, 0.29) is 16.7 Å². The molecular formula is C11H6ClF3N2. The number of halogens is 4. The lowest BCUT2D eigenvalue weighted by atomic mass is 10.2. The molecule has 0 bridgehead atoms. The maximum Gasteiger partial charge on any atom is 0.196 e. The largest absolute Gasteiger partial charge is 0.338 e. The molecule has 0 amide bonds. The summed E-state index contributed by atoms with van der Waals surface area (Å²) in [6, 6.07) is 6.55. The molecular weight excluding hydrogens is 253 g/mol. The van der Waals surface area contributed by atoms with Crippen molar-refractivity contribution in [2.45, 2.75) is 0 Å². The van der Waals surface area contributed by atoms with Crippen molar-refractivity contribution < 1.29 is 13.2 Å². The molecule has 6 heteroatoms. The molecule has 88 valence electrons. The SMILES string of the molecule is Fc1ccc(Nc2cccc(Cl)n2)c(F)c1F. The minimum atomic E-state index is -1.53. The molecule has 2 aromatic rings.